The lowest BCUT2D eigenvalue weighted by Gasteiger charge is -2.32. The molecule has 0 bridgehead atoms. The fourth-order valence-corrected chi connectivity index (χ4v) is 3.07. The molecule has 22 heavy (non-hydrogen) atoms. The van der Waals surface area contributed by atoms with Gasteiger partial charge in [0.1, 0.15) is 0 Å². The van der Waals surface area contributed by atoms with Gasteiger partial charge in [0.25, 0.3) is 0 Å². The molecular weight excluding hydrogens is 277 g/mol. The Balaban J connectivity index is 1.72. The lowest BCUT2D eigenvalue weighted by molar-refractivity contribution is 0.00578. The van der Waals surface area contributed by atoms with Gasteiger partial charge < -0.3 is 14.2 Å². The maximum absolute atomic E-state index is 6.03. The van der Waals surface area contributed by atoms with Gasteiger partial charge in [0, 0.05) is 30.9 Å². The first kappa shape index (κ1) is 15.7. The Morgan fingerprint density at radius 2 is 1.55 bits per heavy atom. The summed E-state index contributed by atoms with van der Waals surface area (Å²) in [5.41, 5.74) is 0.204. The second-order valence-corrected chi connectivity index (χ2v) is 7.45. The van der Waals surface area contributed by atoms with Crippen molar-refractivity contribution >= 4 is 18.5 Å². The highest BCUT2D eigenvalue weighted by molar-refractivity contribution is 6.61. The largest absolute Gasteiger partial charge is 0.498 e. The molecule has 5 nitrogen and oxygen atoms in total. The van der Waals surface area contributed by atoms with Crippen LogP contribution in [0.5, 0.6) is 0 Å². The lowest BCUT2D eigenvalue weighted by Crippen LogP contribution is -2.41. The second kappa shape index (κ2) is 5.50. The van der Waals surface area contributed by atoms with Gasteiger partial charge in [-0.2, -0.15) is 0 Å². The molecule has 3 rings (SSSR count). The summed E-state index contributed by atoms with van der Waals surface area (Å²) in [4.78, 5) is 11.2. The highest BCUT2D eigenvalue weighted by atomic mass is 16.7. The third-order valence-electron chi connectivity index (χ3n) is 5.37. The Kier molecular flexibility index (Phi) is 3.93. The Morgan fingerprint density at radius 3 is 2.05 bits per heavy atom. The van der Waals surface area contributed by atoms with Crippen LogP contribution in [0.3, 0.4) is 0 Å². The average molecular weight is 303 g/mol. The zero-order valence-corrected chi connectivity index (χ0v) is 14.3. The summed E-state index contributed by atoms with van der Waals surface area (Å²) in [5.74, 6) is 0.784. The van der Waals surface area contributed by atoms with Crippen molar-refractivity contribution in [3.05, 3.63) is 12.4 Å². The van der Waals surface area contributed by atoms with Gasteiger partial charge in [-0.1, -0.05) is 12.8 Å². The molecule has 1 aliphatic heterocycles. The predicted octanol–water partition coefficient (Wildman–Crippen LogP) is 2.15. The minimum absolute atomic E-state index is 0.336. The zero-order valence-electron chi connectivity index (χ0n) is 14.3. The molecule has 0 atom stereocenters. The minimum atomic E-state index is -0.393. The number of rotatable bonds is 3. The van der Waals surface area contributed by atoms with Crippen LogP contribution in [0.1, 0.15) is 53.4 Å². The first-order chi connectivity index (χ1) is 10.3. The quantitative estimate of drug-likeness (QED) is 0.801. The van der Waals surface area contributed by atoms with Crippen LogP contribution in [0, 0.1) is 0 Å². The van der Waals surface area contributed by atoms with Gasteiger partial charge in [-0.3, -0.25) is 0 Å². The average Bonchev–Trinajstić information content (AvgIpc) is 3.05. The number of aromatic nitrogens is 2. The van der Waals surface area contributed by atoms with E-state index in [4.69, 9.17) is 9.31 Å². The Labute approximate surface area is 133 Å². The maximum atomic E-state index is 6.03. The van der Waals surface area contributed by atoms with Crippen LogP contribution in [-0.2, 0) is 9.31 Å². The smallest absolute Gasteiger partial charge is 0.399 e. The minimum Gasteiger partial charge on any atom is -0.399 e. The van der Waals surface area contributed by atoms with E-state index >= 15 is 0 Å². The standard InChI is InChI=1S/C16H26BN3O2/c1-15(2)16(3,4)22-17(21-15)12-10-18-14(19-11-12)20(5)13-8-6-7-9-13/h10-11,13H,6-9H2,1-5H3. The number of anilines is 1. The van der Waals surface area contributed by atoms with Gasteiger partial charge in [0.15, 0.2) is 0 Å². The fourth-order valence-electron chi connectivity index (χ4n) is 3.07. The predicted molar refractivity (Wildman–Crippen MR) is 88.4 cm³/mol. The third-order valence-corrected chi connectivity index (χ3v) is 5.37. The van der Waals surface area contributed by atoms with Gasteiger partial charge in [-0.05, 0) is 40.5 Å². The van der Waals surface area contributed by atoms with E-state index in [0.717, 1.165) is 11.4 Å². The molecule has 2 fully saturated rings. The molecule has 0 radical (unpaired) electrons. The molecule has 0 unspecified atom stereocenters. The monoisotopic (exact) mass is 303 g/mol. The third kappa shape index (κ3) is 2.74. The number of hydrogen-bond donors (Lipinski definition) is 0. The van der Waals surface area contributed by atoms with Crippen molar-refractivity contribution in [3.63, 3.8) is 0 Å². The molecule has 2 aliphatic rings. The number of nitrogens with zero attached hydrogens (tertiary/aromatic N) is 3. The first-order valence-electron chi connectivity index (χ1n) is 8.20. The van der Waals surface area contributed by atoms with E-state index in [0.29, 0.717) is 6.04 Å². The van der Waals surface area contributed by atoms with Crippen molar-refractivity contribution in [2.75, 3.05) is 11.9 Å². The van der Waals surface area contributed by atoms with Crippen molar-refractivity contribution in [3.8, 4) is 0 Å². The van der Waals surface area contributed by atoms with Crippen LogP contribution in [0.2, 0.25) is 0 Å². The van der Waals surface area contributed by atoms with Crippen LogP contribution >= 0.6 is 0 Å². The Morgan fingerprint density at radius 1 is 1.05 bits per heavy atom. The van der Waals surface area contributed by atoms with Crippen molar-refractivity contribution in [1.29, 1.82) is 0 Å². The molecule has 1 aliphatic carbocycles. The van der Waals surface area contributed by atoms with Crippen LogP contribution in [-0.4, -0.2) is 41.4 Å². The summed E-state index contributed by atoms with van der Waals surface area (Å²) < 4.78 is 12.1. The Hall–Kier alpha value is -1.14. The molecule has 1 saturated carbocycles. The molecule has 0 spiro atoms. The van der Waals surface area contributed by atoms with Gasteiger partial charge in [0.05, 0.1) is 11.2 Å². The molecular formula is C16H26BN3O2. The fraction of sp³-hybridized carbons (Fsp3) is 0.750. The van der Waals surface area contributed by atoms with E-state index < -0.39 is 7.12 Å². The molecule has 2 heterocycles. The highest BCUT2D eigenvalue weighted by Gasteiger charge is 2.51. The zero-order chi connectivity index (χ0) is 16.0. The van der Waals surface area contributed by atoms with Crippen molar-refractivity contribution in [2.24, 2.45) is 0 Å². The van der Waals surface area contributed by atoms with E-state index in [1.165, 1.54) is 25.7 Å². The van der Waals surface area contributed by atoms with Crippen LogP contribution < -0.4 is 10.4 Å². The molecule has 1 aromatic rings. The van der Waals surface area contributed by atoms with Gasteiger partial charge in [-0.15, -0.1) is 0 Å². The lowest BCUT2D eigenvalue weighted by atomic mass is 9.81. The van der Waals surface area contributed by atoms with Gasteiger partial charge in [-0.25, -0.2) is 9.97 Å². The van der Waals surface area contributed by atoms with Crippen LogP contribution in [0.25, 0.3) is 0 Å². The topological polar surface area (TPSA) is 47.5 Å². The molecule has 0 amide bonds. The van der Waals surface area contributed by atoms with Crippen molar-refractivity contribution < 1.29 is 9.31 Å². The molecule has 1 saturated heterocycles. The van der Waals surface area contributed by atoms with Crippen LogP contribution in [0.15, 0.2) is 12.4 Å². The van der Waals surface area contributed by atoms with Crippen LogP contribution in [0.4, 0.5) is 5.95 Å². The molecule has 120 valence electrons. The summed E-state index contributed by atoms with van der Waals surface area (Å²) >= 11 is 0. The summed E-state index contributed by atoms with van der Waals surface area (Å²) in [6, 6.07) is 0.572. The van der Waals surface area contributed by atoms with Crippen molar-refractivity contribution in [1.82, 2.24) is 9.97 Å². The summed E-state index contributed by atoms with van der Waals surface area (Å²) in [6.07, 6.45) is 8.74. The highest BCUT2D eigenvalue weighted by Crippen LogP contribution is 2.36. The van der Waals surface area contributed by atoms with E-state index in [2.05, 4.69) is 49.6 Å². The first-order valence-corrected chi connectivity index (χ1v) is 8.20. The number of hydrogen-bond acceptors (Lipinski definition) is 5. The normalized spacial score (nSPS) is 24.0. The molecule has 1 aromatic heterocycles. The van der Waals surface area contributed by atoms with E-state index in [1.807, 2.05) is 12.4 Å². The molecule has 0 N–H and O–H groups in total. The van der Waals surface area contributed by atoms with E-state index in [9.17, 15) is 0 Å². The summed E-state index contributed by atoms with van der Waals surface area (Å²) in [5, 5.41) is 0. The maximum Gasteiger partial charge on any atom is 0.498 e. The van der Waals surface area contributed by atoms with E-state index in [-0.39, 0.29) is 11.2 Å². The van der Waals surface area contributed by atoms with E-state index in [1.54, 1.807) is 0 Å². The molecule has 6 heteroatoms. The summed E-state index contributed by atoms with van der Waals surface area (Å²) in [6.45, 7) is 8.21. The SMILES string of the molecule is CN(c1ncc(B2OC(C)(C)C(C)(C)O2)cn1)C1CCCC1. The Bertz CT molecular complexity index is 511. The second-order valence-electron chi connectivity index (χ2n) is 7.45. The van der Waals surface area contributed by atoms with Gasteiger partial charge in [0.2, 0.25) is 5.95 Å². The van der Waals surface area contributed by atoms with Crippen molar-refractivity contribution in [2.45, 2.75) is 70.6 Å². The van der Waals surface area contributed by atoms with Gasteiger partial charge >= 0.3 is 7.12 Å². The molecule has 0 aromatic carbocycles. The summed E-state index contributed by atoms with van der Waals surface area (Å²) in [7, 11) is 1.69.